The first-order chi connectivity index (χ1) is 9.02. The summed E-state index contributed by atoms with van der Waals surface area (Å²) in [6.45, 7) is 0. The number of carboxylic acids is 1. The Bertz CT molecular complexity index is 696. The number of benzene rings is 1. The van der Waals surface area contributed by atoms with Crippen molar-refractivity contribution in [1.82, 2.24) is 9.78 Å². The second-order valence-electron chi connectivity index (χ2n) is 3.60. The van der Waals surface area contributed by atoms with E-state index in [-0.39, 0.29) is 11.4 Å². The van der Waals surface area contributed by atoms with Gasteiger partial charge in [-0.2, -0.15) is 9.78 Å². The Kier molecular flexibility index (Phi) is 3.28. The molecule has 98 valence electrons. The number of methoxy groups -OCH3 is 1. The van der Waals surface area contributed by atoms with Gasteiger partial charge in [-0.1, -0.05) is 6.07 Å². The van der Waals surface area contributed by atoms with Crippen LogP contribution in [0.25, 0.3) is 5.69 Å². The summed E-state index contributed by atoms with van der Waals surface area (Å²) in [5.41, 5.74) is -0.908. The molecule has 2 rings (SSSR count). The highest BCUT2D eigenvalue weighted by molar-refractivity contribution is 5.88. The topological polar surface area (TPSA) is 81.4 Å². The van der Waals surface area contributed by atoms with Gasteiger partial charge < -0.3 is 9.84 Å². The Morgan fingerprint density at radius 2 is 2.16 bits per heavy atom. The molecule has 1 aromatic carbocycles. The van der Waals surface area contributed by atoms with E-state index in [1.54, 1.807) is 0 Å². The lowest BCUT2D eigenvalue weighted by Crippen LogP contribution is -2.24. The highest BCUT2D eigenvalue weighted by atomic mass is 19.1. The summed E-state index contributed by atoms with van der Waals surface area (Å²) < 4.78 is 18.7. The average Bonchev–Trinajstić information content (AvgIpc) is 2.37. The molecule has 1 aromatic heterocycles. The largest absolute Gasteiger partial charge is 0.494 e. The third-order valence-electron chi connectivity index (χ3n) is 2.37. The summed E-state index contributed by atoms with van der Waals surface area (Å²) in [4.78, 5) is 22.8. The molecule has 0 saturated carbocycles. The molecular formula is C12H9FN2O4. The summed E-state index contributed by atoms with van der Waals surface area (Å²) in [5, 5.41) is 12.6. The number of hydrogen-bond donors (Lipinski definition) is 1. The van der Waals surface area contributed by atoms with Crippen LogP contribution in [0.4, 0.5) is 4.39 Å². The molecule has 6 nitrogen and oxygen atoms in total. The first-order valence-corrected chi connectivity index (χ1v) is 5.20. The van der Waals surface area contributed by atoms with Crippen molar-refractivity contribution in [2.45, 2.75) is 0 Å². The summed E-state index contributed by atoms with van der Waals surface area (Å²) in [6, 6.07) is 6.10. The monoisotopic (exact) mass is 264 g/mol. The van der Waals surface area contributed by atoms with E-state index in [2.05, 4.69) is 5.10 Å². The maximum absolute atomic E-state index is 13.1. The maximum atomic E-state index is 13.1. The molecule has 1 N–H and O–H groups in total. The van der Waals surface area contributed by atoms with Crippen LogP contribution in [-0.4, -0.2) is 28.0 Å². The van der Waals surface area contributed by atoms with Gasteiger partial charge >= 0.3 is 5.97 Å². The van der Waals surface area contributed by atoms with E-state index >= 15 is 0 Å². The van der Waals surface area contributed by atoms with Crippen molar-refractivity contribution in [2.24, 2.45) is 0 Å². The molecule has 0 fully saturated rings. The molecule has 0 spiro atoms. The Labute approximate surface area is 106 Å². The average molecular weight is 264 g/mol. The molecular weight excluding hydrogens is 255 g/mol. The number of carbonyl (C=O) groups is 1. The van der Waals surface area contributed by atoms with E-state index < -0.39 is 23.0 Å². The molecule has 2 aromatic rings. The molecule has 0 aliphatic carbocycles. The second kappa shape index (κ2) is 4.89. The molecule has 0 unspecified atom stereocenters. The normalized spacial score (nSPS) is 10.2. The van der Waals surface area contributed by atoms with E-state index in [0.717, 1.165) is 16.8 Å². The van der Waals surface area contributed by atoms with E-state index in [0.29, 0.717) is 0 Å². The fraction of sp³-hybridized carbons (Fsp3) is 0.0833. The third-order valence-corrected chi connectivity index (χ3v) is 2.37. The molecule has 7 heteroatoms. The van der Waals surface area contributed by atoms with Crippen molar-refractivity contribution < 1.29 is 19.0 Å². The zero-order chi connectivity index (χ0) is 14.0. The molecule has 19 heavy (non-hydrogen) atoms. The summed E-state index contributed by atoms with van der Waals surface area (Å²) in [7, 11) is 1.23. The predicted octanol–water partition coefficient (Wildman–Crippen LogP) is 1.08. The van der Waals surface area contributed by atoms with Crippen LogP contribution in [-0.2, 0) is 0 Å². The molecule has 0 saturated heterocycles. The highest BCUT2D eigenvalue weighted by Gasteiger charge is 2.16. The minimum Gasteiger partial charge on any atom is -0.494 e. The van der Waals surface area contributed by atoms with Crippen LogP contribution in [0, 0.1) is 5.82 Å². The standard InChI is InChI=1S/C12H9FN2O4/c1-19-9-6-10(16)15(14-11(9)12(17)18)8-4-2-3-7(13)5-8/h2-6H,1H3,(H,17,18). The van der Waals surface area contributed by atoms with Crippen LogP contribution < -0.4 is 10.3 Å². The van der Waals surface area contributed by atoms with Crippen LogP contribution in [0.1, 0.15) is 10.5 Å². The fourth-order valence-electron chi connectivity index (χ4n) is 1.54. The second-order valence-corrected chi connectivity index (χ2v) is 3.60. The molecule has 0 aliphatic rings. The van der Waals surface area contributed by atoms with Crippen molar-refractivity contribution in [3.63, 3.8) is 0 Å². The molecule has 0 aliphatic heterocycles. The molecule has 0 amide bonds. The van der Waals surface area contributed by atoms with Gasteiger partial charge in [0.25, 0.3) is 5.56 Å². The fourth-order valence-corrected chi connectivity index (χ4v) is 1.54. The van der Waals surface area contributed by atoms with Crippen molar-refractivity contribution >= 4 is 5.97 Å². The van der Waals surface area contributed by atoms with Crippen LogP contribution in [0.3, 0.4) is 0 Å². The van der Waals surface area contributed by atoms with Gasteiger partial charge in [0.2, 0.25) is 5.69 Å². The van der Waals surface area contributed by atoms with Crippen LogP contribution in [0.2, 0.25) is 0 Å². The van der Waals surface area contributed by atoms with Gasteiger partial charge in [-0.25, -0.2) is 9.18 Å². The first-order valence-electron chi connectivity index (χ1n) is 5.20. The lowest BCUT2D eigenvalue weighted by molar-refractivity contribution is 0.0684. The van der Waals surface area contributed by atoms with E-state index in [1.807, 2.05) is 0 Å². The van der Waals surface area contributed by atoms with Crippen molar-refractivity contribution in [3.05, 3.63) is 52.2 Å². The number of nitrogens with zero attached hydrogens (tertiary/aromatic N) is 2. The van der Waals surface area contributed by atoms with Gasteiger partial charge in [0, 0.05) is 0 Å². The van der Waals surface area contributed by atoms with E-state index in [1.165, 1.54) is 25.3 Å². The Morgan fingerprint density at radius 3 is 2.74 bits per heavy atom. The number of carboxylic acid groups (broad SMARTS) is 1. The van der Waals surface area contributed by atoms with Crippen molar-refractivity contribution in [1.29, 1.82) is 0 Å². The van der Waals surface area contributed by atoms with E-state index in [4.69, 9.17) is 9.84 Å². The quantitative estimate of drug-likeness (QED) is 0.897. The summed E-state index contributed by atoms with van der Waals surface area (Å²) >= 11 is 0. The molecule has 0 atom stereocenters. The minimum absolute atomic E-state index is 0.134. The Hall–Kier alpha value is -2.70. The number of ether oxygens (including phenoxy) is 1. The number of halogens is 1. The Morgan fingerprint density at radius 1 is 1.42 bits per heavy atom. The highest BCUT2D eigenvalue weighted by Crippen LogP contribution is 2.14. The smallest absolute Gasteiger partial charge is 0.360 e. The zero-order valence-electron chi connectivity index (χ0n) is 9.83. The van der Waals surface area contributed by atoms with Crippen LogP contribution in [0.5, 0.6) is 5.75 Å². The first kappa shape index (κ1) is 12.7. The minimum atomic E-state index is -1.35. The summed E-state index contributed by atoms with van der Waals surface area (Å²) in [6.07, 6.45) is 0. The molecule has 0 radical (unpaired) electrons. The van der Waals surface area contributed by atoms with Crippen LogP contribution >= 0.6 is 0 Å². The third kappa shape index (κ3) is 2.44. The Balaban J connectivity index is 2.68. The zero-order valence-corrected chi connectivity index (χ0v) is 9.83. The molecule has 0 bridgehead atoms. The van der Waals surface area contributed by atoms with Gasteiger partial charge in [0.1, 0.15) is 5.82 Å². The predicted molar refractivity (Wildman–Crippen MR) is 63.3 cm³/mol. The maximum Gasteiger partial charge on any atom is 0.360 e. The van der Waals surface area contributed by atoms with E-state index in [9.17, 15) is 14.0 Å². The molecule has 1 heterocycles. The summed E-state index contributed by atoms with van der Waals surface area (Å²) in [5.74, 6) is -2.05. The number of hydrogen-bond acceptors (Lipinski definition) is 4. The van der Waals surface area contributed by atoms with Gasteiger partial charge in [-0.05, 0) is 18.2 Å². The SMILES string of the molecule is COc1cc(=O)n(-c2cccc(F)c2)nc1C(=O)O. The number of aromatic carboxylic acids is 1. The lowest BCUT2D eigenvalue weighted by atomic mass is 10.3. The van der Waals surface area contributed by atoms with Crippen molar-refractivity contribution in [2.75, 3.05) is 7.11 Å². The van der Waals surface area contributed by atoms with Gasteiger partial charge in [0.05, 0.1) is 18.9 Å². The van der Waals surface area contributed by atoms with Gasteiger partial charge in [-0.3, -0.25) is 4.79 Å². The van der Waals surface area contributed by atoms with Crippen LogP contribution in [0.15, 0.2) is 35.1 Å². The lowest BCUT2D eigenvalue weighted by Gasteiger charge is -2.08. The van der Waals surface area contributed by atoms with Gasteiger partial charge in [0.15, 0.2) is 5.75 Å². The van der Waals surface area contributed by atoms with Gasteiger partial charge in [-0.15, -0.1) is 0 Å². The number of rotatable bonds is 3. The number of aromatic nitrogens is 2. The van der Waals surface area contributed by atoms with Crippen molar-refractivity contribution in [3.8, 4) is 11.4 Å².